The Balaban J connectivity index is 1.68. The molecule has 1 aromatic carbocycles. The van der Waals surface area contributed by atoms with Gasteiger partial charge >= 0.3 is 0 Å². The number of nitrogens with one attached hydrogen (secondary N) is 1. The van der Waals surface area contributed by atoms with E-state index in [4.69, 9.17) is 0 Å². The number of pyridine rings is 1. The predicted octanol–water partition coefficient (Wildman–Crippen LogP) is 4.02. The van der Waals surface area contributed by atoms with Crippen molar-refractivity contribution in [3.05, 3.63) is 83.5 Å². The third-order valence-corrected chi connectivity index (χ3v) is 4.95. The quantitative estimate of drug-likeness (QED) is 0.556. The summed E-state index contributed by atoms with van der Waals surface area (Å²) in [5.41, 5.74) is 1.23. The highest BCUT2D eigenvalue weighted by Gasteiger charge is 2.21. The molecule has 0 radical (unpaired) electrons. The first-order valence-corrected chi connectivity index (χ1v) is 9.48. The molecule has 140 valence electrons. The molecule has 3 aromatic heterocycles. The van der Waals surface area contributed by atoms with E-state index in [-0.39, 0.29) is 17.7 Å². The maximum absolute atomic E-state index is 13.7. The predicted molar refractivity (Wildman–Crippen MR) is 105 cm³/mol. The van der Waals surface area contributed by atoms with Crippen LogP contribution in [0.5, 0.6) is 0 Å². The van der Waals surface area contributed by atoms with Gasteiger partial charge in [0.05, 0.1) is 22.3 Å². The SMILES string of the molecule is CC(NC(=O)c1nc(-c2cccs2)n(-c2cccc(F)c2)n1)c1ccccn1. The molecule has 28 heavy (non-hydrogen) atoms. The van der Waals surface area contributed by atoms with Crippen molar-refractivity contribution in [1.82, 2.24) is 25.1 Å². The number of hydrogen-bond acceptors (Lipinski definition) is 5. The summed E-state index contributed by atoms with van der Waals surface area (Å²) in [7, 11) is 0. The van der Waals surface area contributed by atoms with Crippen LogP contribution in [-0.4, -0.2) is 25.7 Å². The van der Waals surface area contributed by atoms with Crippen molar-refractivity contribution in [2.45, 2.75) is 13.0 Å². The summed E-state index contributed by atoms with van der Waals surface area (Å²) in [5.74, 6) is -0.322. The van der Waals surface area contributed by atoms with Crippen LogP contribution in [0.15, 0.2) is 66.2 Å². The molecule has 8 heteroatoms. The summed E-state index contributed by atoms with van der Waals surface area (Å²) in [6, 6.07) is 15.0. The van der Waals surface area contributed by atoms with Crippen molar-refractivity contribution in [3.8, 4) is 16.4 Å². The molecule has 4 rings (SSSR count). The minimum absolute atomic E-state index is 0.00967. The first-order valence-electron chi connectivity index (χ1n) is 8.60. The Labute approximate surface area is 164 Å². The minimum atomic E-state index is -0.425. The molecule has 1 atom stereocenters. The average Bonchev–Trinajstić information content (AvgIpc) is 3.38. The Bertz CT molecular complexity index is 1100. The molecular weight excluding hydrogens is 377 g/mol. The lowest BCUT2D eigenvalue weighted by molar-refractivity contribution is 0.0928. The topological polar surface area (TPSA) is 72.7 Å². The molecule has 1 unspecified atom stereocenters. The van der Waals surface area contributed by atoms with Crippen LogP contribution in [-0.2, 0) is 0 Å². The van der Waals surface area contributed by atoms with Crippen molar-refractivity contribution in [1.29, 1.82) is 0 Å². The number of halogens is 1. The van der Waals surface area contributed by atoms with Crippen LogP contribution in [0, 0.1) is 5.82 Å². The van der Waals surface area contributed by atoms with E-state index in [1.165, 1.54) is 28.2 Å². The Morgan fingerprint density at radius 2 is 2.07 bits per heavy atom. The van der Waals surface area contributed by atoms with Gasteiger partial charge in [-0.25, -0.2) is 14.1 Å². The zero-order valence-electron chi connectivity index (χ0n) is 14.9. The smallest absolute Gasteiger partial charge is 0.291 e. The van der Waals surface area contributed by atoms with E-state index >= 15 is 0 Å². The third-order valence-electron chi connectivity index (χ3n) is 4.08. The monoisotopic (exact) mass is 393 g/mol. The van der Waals surface area contributed by atoms with E-state index in [0.29, 0.717) is 11.5 Å². The standard InChI is InChI=1S/C20H16FN5OS/c1-13(16-8-2-3-10-22-16)23-20(27)18-24-19(17-9-5-11-28-17)26(25-18)15-7-4-6-14(21)12-15/h2-13H,1H3,(H,23,27). The summed E-state index contributed by atoms with van der Waals surface area (Å²) in [4.78, 5) is 22.2. The fourth-order valence-corrected chi connectivity index (χ4v) is 3.43. The van der Waals surface area contributed by atoms with Crippen LogP contribution < -0.4 is 5.32 Å². The zero-order valence-corrected chi connectivity index (χ0v) is 15.7. The first-order chi connectivity index (χ1) is 13.6. The van der Waals surface area contributed by atoms with Gasteiger partial charge in [0.15, 0.2) is 5.82 Å². The highest BCUT2D eigenvalue weighted by Crippen LogP contribution is 2.26. The van der Waals surface area contributed by atoms with Crippen LogP contribution >= 0.6 is 11.3 Å². The Hall–Kier alpha value is -3.39. The molecule has 1 N–H and O–H groups in total. The van der Waals surface area contributed by atoms with E-state index in [1.54, 1.807) is 18.3 Å². The van der Waals surface area contributed by atoms with E-state index in [9.17, 15) is 9.18 Å². The number of aromatic nitrogens is 4. The van der Waals surface area contributed by atoms with Crippen LogP contribution in [0.1, 0.15) is 29.3 Å². The van der Waals surface area contributed by atoms with Crippen molar-refractivity contribution in [2.24, 2.45) is 0 Å². The van der Waals surface area contributed by atoms with Crippen LogP contribution in [0.25, 0.3) is 16.4 Å². The first kappa shape index (κ1) is 18.0. The van der Waals surface area contributed by atoms with Gasteiger partial charge in [-0.05, 0) is 48.7 Å². The summed E-state index contributed by atoms with van der Waals surface area (Å²) in [6.45, 7) is 1.84. The molecule has 0 fully saturated rings. The molecule has 3 heterocycles. The zero-order chi connectivity index (χ0) is 19.5. The second-order valence-corrected chi connectivity index (χ2v) is 7.03. The van der Waals surface area contributed by atoms with Crippen LogP contribution in [0.3, 0.4) is 0 Å². The molecule has 0 aliphatic rings. The van der Waals surface area contributed by atoms with E-state index in [1.807, 2.05) is 42.6 Å². The van der Waals surface area contributed by atoms with Gasteiger partial charge < -0.3 is 5.32 Å². The fraction of sp³-hybridized carbons (Fsp3) is 0.100. The molecule has 0 aliphatic carbocycles. The fourth-order valence-electron chi connectivity index (χ4n) is 2.73. The number of amides is 1. The van der Waals surface area contributed by atoms with Gasteiger partial charge in [-0.2, -0.15) is 0 Å². The number of benzene rings is 1. The van der Waals surface area contributed by atoms with E-state index in [2.05, 4.69) is 20.4 Å². The minimum Gasteiger partial charge on any atom is -0.341 e. The normalized spacial score (nSPS) is 11.9. The lowest BCUT2D eigenvalue weighted by atomic mass is 10.2. The lowest BCUT2D eigenvalue weighted by Gasteiger charge is -2.11. The maximum Gasteiger partial charge on any atom is 0.291 e. The third kappa shape index (κ3) is 3.67. The maximum atomic E-state index is 13.7. The molecule has 0 spiro atoms. The summed E-state index contributed by atoms with van der Waals surface area (Å²) in [6.07, 6.45) is 1.67. The second kappa shape index (κ2) is 7.69. The molecule has 1 amide bonds. The van der Waals surface area contributed by atoms with Crippen LogP contribution in [0.2, 0.25) is 0 Å². The number of hydrogen-bond donors (Lipinski definition) is 1. The van der Waals surface area contributed by atoms with Crippen LogP contribution in [0.4, 0.5) is 4.39 Å². The summed E-state index contributed by atoms with van der Waals surface area (Å²) >= 11 is 1.47. The average molecular weight is 393 g/mol. The number of rotatable bonds is 5. The highest BCUT2D eigenvalue weighted by molar-refractivity contribution is 7.13. The van der Waals surface area contributed by atoms with Gasteiger partial charge in [0.25, 0.3) is 5.91 Å². The summed E-state index contributed by atoms with van der Waals surface area (Å²) < 4.78 is 15.2. The Morgan fingerprint density at radius 3 is 2.79 bits per heavy atom. The highest BCUT2D eigenvalue weighted by atomic mass is 32.1. The van der Waals surface area contributed by atoms with E-state index in [0.717, 1.165) is 10.6 Å². The van der Waals surface area contributed by atoms with Crippen molar-refractivity contribution < 1.29 is 9.18 Å². The summed E-state index contributed by atoms with van der Waals surface area (Å²) in [5, 5.41) is 9.09. The van der Waals surface area contributed by atoms with E-state index < -0.39 is 5.91 Å². The van der Waals surface area contributed by atoms with Gasteiger partial charge in [0.1, 0.15) is 5.82 Å². The van der Waals surface area contributed by atoms with Gasteiger partial charge in [-0.15, -0.1) is 16.4 Å². The number of nitrogens with zero attached hydrogens (tertiary/aromatic N) is 4. The number of carbonyl (C=O) groups is 1. The molecule has 4 aromatic rings. The molecule has 6 nitrogen and oxygen atoms in total. The largest absolute Gasteiger partial charge is 0.341 e. The van der Waals surface area contributed by atoms with Gasteiger partial charge in [-0.1, -0.05) is 18.2 Å². The molecule has 0 aliphatic heterocycles. The van der Waals surface area contributed by atoms with Gasteiger partial charge in [-0.3, -0.25) is 9.78 Å². The second-order valence-electron chi connectivity index (χ2n) is 6.08. The van der Waals surface area contributed by atoms with Crippen molar-refractivity contribution in [2.75, 3.05) is 0 Å². The Morgan fingerprint density at radius 1 is 1.18 bits per heavy atom. The number of thiophene rings is 1. The number of carbonyl (C=O) groups excluding carboxylic acids is 1. The van der Waals surface area contributed by atoms with Crippen molar-refractivity contribution in [3.63, 3.8) is 0 Å². The lowest BCUT2D eigenvalue weighted by Crippen LogP contribution is -2.28. The van der Waals surface area contributed by atoms with Crippen molar-refractivity contribution >= 4 is 17.2 Å². The molecule has 0 saturated heterocycles. The van der Waals surface area contributed by atoms with Gasteiger partial charge in [0.2, 0.25) is 5.82 Å². The molecule has 0 saturated carbocycles. The van der Waals surface area contributed by atoms with Gasteiger partial charge in [0, 0.05) is 6.20 Å². The molecule has 0 bridgehead atoms. The molecular formula is C20H16FN5OS. The Kier molecular flexibility index (Phi) is 4.94.